The molecule has 0 N–H and O–H groups in total. The number of ether oxygens (including phenoxy) is 1. The lowest BCUT2D eigenvalue weighted by molar-refractivity contribution is 0.0811. The number of benzene rings is 2. The molecule has 3 rings (SSSR count). The molecule has 0 saturated heterocycles. The number of hydrogen-bond donors (Lipinski definition) is 0. The van der Waals surface area contributed by atoms with Gasteiger partial charge in [0.2, 0.25) is 0 Å². The highest BCUT2D eigenvalue weighted by molar-refractivity contribution is 5.43. The van der Waals surface area contributed by atoms with Crippen LogP contribution in [0, 0.1) is 25.7 Å². The first-order chi connectivity index (χ1) is 9.74. The molecule has 0 saturated carbocycles. The Bertz CT molecular complexity index is 688. The van der Waals surface area contributed by atoms with Gasteiger partial charge in [0, 0.05) is 5.56 Å². The zero-order valence-corrected chi connectivity index (χ0v) is 11.9. The van der Waals surface area contributed by atoms with Gasteiger partial charge in [-0.3, -0.25) is 0 Å². The highest BCUT2D eigenvalue weighted by atomic mass is 16.5. The van der Waals surface area contributed by atoms with Gasteiger partial charge in [0.25, 0.3) is 0 Å². The van der Waals surface area contributed by atoms with Crippen LogP contribution in [0.2, 0.25) is 0 Å². The molecule has 0 aromatic heterocycles. The molecule has 0 spiro atoms. The highest BCUT2D eigenvalue weighted by Gasteiger charge is 2.19. The monoisotopic (exact) mass is 262 g/mol. The molecule has 20 heavy (non-hydrogen) atoms. The van der Waals surface area contributed by atoms with E-state index in [1.165, 1.54) is 22.3 Å². The average molecular weight is 262 g/mol. The van der Waals surface area contributed by atoms with Gasteiger partial charge < -0.3 is 4.74 Å². The van der Waals surface area contributed by atoms with Crippen LogP contribution in [0.15, 0.2) is 42.5 Å². The fourth-order valence-corrected chi connectivity index (χ4v) is 2.67. The molecule has 0 aliphatic carbocycles. The van der Waals surface area contributed by atoms with Crippen molar-refractivity contribution in [3.63, 3.8) is 0 Å². The van der Waals surface area contributed by atoms with Crippen LogP contribution in [0.25, 0.3) is 0 Å². The predicted molar refractivity (Wildman–Crippen MR) is 81.6 cm³/mol. The van der Waals surface area contributed by atoms with Crippen molar-refractivity contribution in [1.29, 1.82) is 0 Å². The Kier molecular flexibility index (Phi) is 3.58. The molecule has 0 amide bonds. The molecule has 2 aromatic carbocycles. The number of hydrogen-bond acceptors (Lipinski definition) is 1. The lowest BCUT2D eigenvalue weighted by Crippen LogP contribution is -2.16. The van der Waals surface area contributed by atoms with Crippen LogP contribution >= 0.6 is 0 Å². The molecule has 1 nitrogen and oxygen atoms in total. The summed E-state index contributed by atoms with van der Waals surface area (Å²) in [6, 6.07) is 14.7. The van der Waals surface area contributed by atoms with Crippen molar-refractivity contribution in [1.82, 2.24) is 0 Å². The van der Waals surface area contributed by atoms with Crippen LogP contribution in [0.4, 0.5) is 0 Å². The second-order valence-corrected chi connectivity index (χ2v) is 5.28. The van der Waals surface area contributed by atoms with E-state index in [0.717, 1.165) is 18.6 Å². The summed E-state index contributed by atoms with van der Waals surface area (Å²) in [7, 11) is 0. The molecule has 1 heterocycles. The summed E-state index contributed by atoms with van der Waals surface area (Å²) in [6.07, 6.45) is 0.893. The van der Waals surface area contributed by atoms with Gasteiger partial charge in [-0.05, 0) is 54.7 Å². The number of aryl methyl sites for hydroxylation is 2. The minimum absolute atomic E-state index is 0.0980. The molecule has 1 atom stereocenters. The van der Waals surface area contributed by atoms with Crippen molar-refractivity contribution < 1.29 is 4.74 Å². The van der Waals surface area contributed by atoms with E-state index in [0.29, 0.717) is 0 Å². The normalized spacial score (nSPS) is 17.0. The van der Waals surface area contributed by atoms with E-state index in [-0.39, 0.29) is 6.10 Å². The van der Waals surface area contributed by atoms with Crippen LogP contribution < -0.4 is 0 Å². The minimum atomic E-state index is -0.0980. The summed E-state index contributed by atoms with van der Waals surface area (Å²) < 4.78 is 5.84. The van der Waals surface area contributed by atoms with Gasteiger partial charge in [0.15, 0.2) is 0 Å². The van der Waals surface area contributed by atoms with Crippen molar-refractivity contribution in [2.24, 2.45) is 0 Å². The van der Waals surface area contributed by atoms with Gasteiger partial charge in [-0.15, -0.1) is 0 Å². The maximum Gasteiger partial charge on any atom is 0.144 e. The first-order valence-electron chi connectivity index (χ1n) is 7.02. The fraction of sp³-hybridized carbons (Fsp3) is 0.263. The lowest BCUT2D eigenvalue weighted by atomic mass is 9.93. The molecule has 0 fully saturated rings. The summed E-state index contributed by atoms with van der Waals surface area (Å²) in [6.45, 7) is 5.00. The van der Waals surface area contributed by atoms with Crippen molar-refractivity contribution in [3.05, 3.63) is 70.3 Å². The Labute approximate surface area is 120 Å². The van der Waals surface area contributed by atoms with Crippen LogP contribution in [0.5, 0.6) is 0 Å². The molecule has 0 bridgehead atoms. The van der Waals surface area contributed by atoms with Crippen LogP contribution in [-0.4, -0.2) is 6.61 Å². The zero-order chi connectivity index (χ0) is 13.9. The van der Waals surface area contributed by atoms with Gasteiger partial charge >= 0.3 is 0 Å². The third-order valence-electron chi connectivity index (χ3n) is 3.73. The number of fused-ring (bicyclic) bond motifs is 1. The fourth-order valence-electron chi connectivity index (χ4n) is 2.67. The molecule has 0 unspecified atom stereocenters. The SMILES string of the molecule is Cc1cccc(C#C[C@@H]2OCCc3c(C)cccc32)c1. The lowest BCUT2D eigenvalue weighted by Gasteiger charge is -2.23. The first-order valence-corrected chi connectivity index (χ1v) is 7.02. The van der Waals surface area contributed by atoms with E-state index in [9.17, 15) is 0 Å². The Balaban J connectivity index is 1.93. The van der Waals surface area contributed by atoms with Crippen molar-refractivity contribution in [2.75, 3.05) is 6.61 Å². The second-order valence-electron chi connectivity index (χ2n) is 5.28. The van der Waals surface area contributed by atoms with Crippen molar-refractivity contribution in [3.8, 4) is 11.8 Å². The molecule has 1 aliphatic heterocycles. The summed E-state index contributed by atoms with van der Waals surface area (Å²) in [5, 5.41) is 0. The molecular weight excluding hydrogens is 244 g/mol. The zero-order valence-electron chi connectivity index (χ0n) is 11.9. The van der Waals surface area contributed by atoms with E-state index in [1.807, 2.05) is 12.1 Å². The third-order valence-corrected chi connectivity index (χ3v) is 3.73. The molecule has 1 heteroatoms. The topological polar surface area (TPSA) is 9.23 Å². The van der Waals surface area contributed by atoms with Crippen molar-refractivity contribution in [2.45, 2.75) is 26.4 Å². The Hall–Kier alpha value is -2.04. The third kappa shape index (κ3) is 2.61. The molecule has 2 aromatic rings. The summed E-state index contributed by atoms with van der Waals surface area (Å²) >= 11 is 0. The van der Waals surface area contributed by atoms with Crippen LogP contribution in [0.1, 0.15) is 33.9 Å². The Morgan fingerprint density at radius 3 is 2.80 bits per heavy atom. The smallest absolute Gasteiger partial charge is 0.144 e. The maximum atomic E-state index is 5.84. The largest absolute Gasteiger partial charge is 0.360 e. The second kappa shape index (κ2) is 5.53. The summed E-state index contributed by atoms with van der Waals surface area (Å²) in [5.74, 6) is 6.52. The molecule has 0 radical (unpaired) electrons. The Morgan fingerprint density at radius 1 is 1.10 bits per heavy atom. The first kappa shape index (κ1) is 13.0. The van der Waals surface area contributed by atoms with Gasteiger partial charge in [-0.1, -0.05) is 42.2 Å². The Morgan fingerprint density at radius 2 is 1.95 bits per heavy atom. The number of rotatable bonds is 0. The van der Waals surface area contributed by atoms with Gasteiger partial charge in [0.1, 0.15) is 6.10 Å². The van der Waals surface area contributed by atoms with E-state index in [2.05, 4.69) is 56.0 Å². The molecule has 1 aliphatic rings. The van der Waals surface area contributed by atoms with Crippen LogP contribution in [0.3, 0.4) is 0 Å². The van der Waals surface area contributed by atoms with Crippen LogP contribution in [-0.2, 0) is 11.2 Å². The van der Waals surface area contributed by atoms with E-state index < -0.39 is 0 Å². The summed E-state index contributed by atoms with van der Waals surface area (Å²) in [5.41, 5.74) is 6.26. The predicted octanol–water partition coefficient (Wildman–Crippen LogP) is 3.97. The maximum absolute atomic E-state index is 5.84. The average Bonchev–Trinajstić information content (AvgIpc) is 2.46. The van der Waals surface area contributed by atoms with E-state index in [1.54, 1.807) is 0 Å². The highest BCUT2D eigenvalue weighted by Crippen LogP contribution is 2.28. The van der Waals surface area contributed by atoms with Gasteiger partial charge in [-0.2, -0.15) is 0 Å². The molecule has 100 valence electrons. The standard InChI is InChI=1S/C19H18O/c1-14-5-3-7-16(13-14)9-10-19-18-8-4-6-15(2)17(18)11-12-20-19/h3-8,13,19H,11-12H2,1-2H3/t19-/m0/s1. The van der Waals surface area contributed by atoms with Crippen molar-refractivity contribution >= 4 is 0 Å². The van der Waals surface area contributed by atoms with E-state index >= 15 is 0 Å². The van der Waals surface area contributed by atoms with E-state index in [4.69, 9.17) is 4.74 Å². The van der Waals surface area contributed by atoms with Gasteiger partial charge in [0.05, 0.1) is 6.61 Å². The minimum Gasteiger partial charge on any atom is -0.360 e. The van der Waals surface area contributed by atoms with Gasteiger partial charge in [-0.25, -0.2) is 0 Å². The quantitative estimate of drug-likeness (QED) is 0.653. The summed E-state index contributed by atoms with van der Waals surface area (Å²) in [4.78, 5) is 0. The molecular formula is C19H18O.